The minimum absolute atomic E-state index is 0.0562. The number of hydrogen-bond acceptors (Lipinski definition) is 5. The van der Waals surface area contributed by atoms with Crippen molar-refractivity contribution in [2.45, 2.75) is 23.9 Å². The molecule has 1 atom stereocenters. The van der Waals surface area contributed by atoms with Gasteiger partial charge in [0.15, 0.2) is 5.82 Å². The molecule has 1 heterocycles. The average molecular weight is 385 g/mol. The smallest absolute Gasteiger partial charge is 0.235 e. The van der Waals surface area contributed by atoms with E-state index in [2.05, 4.69) is 10.2 Å². The maximum atomic E-state index is 14.0. The van der Waals surface area contributed by atoms with E-state index < -0.39 is 11.1 Å². The van der Waals surface area contributed by atoms with Crippen molar-refractivity contribution in [2.24, 2.45) is 0 Å². The van der Waals surface area contributed by atoms with Crippen molar-refractivity contribution < 1.29 is 9.18 Å². The Morgan fingerprint density at radius 2 is 1.85 bits per heavy atom. The minimum atomic E-state index is -0.431. The molecule has 1 amide bonds. The van der Waals surface area contributed by atoms with Gasteiger partial charge in [-0.25, -0.2) is 9.07 Å². The molecule has 0 saturated heterocycles. The Morgan fingerprint density at radius 3 is 2.56 bits per heavy atom. The van der Waals surface area contributed by atoms with Crippen molar-refractivity contribution in [1.82, 2.24) is 19.8 Å². The second-order valence-corrected chi connectivity index (χ2v) is 7.40. The molecule has 27 heavy (non-hydrogen) atoms. The number of nitrogens with two attached hydrogens (primary N) is 1. The van der Waals surface area contributed by atoms with Crippen molar-refractivity contribution in [3.8, 4) is 11.4 Å². The second-order valence-electron chi connectivity index (χ2n) is 6.10. The number of carbonyl (C=O) groups excluding carboxylic acids is 1. The lowest BCUT2D eigenvalue weighted by Crippen LogP contribution is -2.33. The minimum Gasteiger partial charge on any atom is -0.340 e. The molecule has 140 valence electrons. The van der Waals surface area contributed by atoms with Gasteiger partial charge < -0.3 is 10.7 Å². The fourth-order valence-electron chi connectivity index (χ4n) is 2.64. The highest BCUT2D eigenvalue weighted by atomic mass is 32.2. The van der Waals surface area contributed by atoms with Crippen LogP contribution in [0, 0.1) is 5.82 Å². The molecule has 2 N–H and O–H groups in total. The van der Waals surface area contributed by atoms with Gasteiger partial charge in [-0.2, -0.15) is 0 Å². The summed E-state index contributed by atoms with van der Waals surface area (Å²) in [5.74, 6) is 5.76. The molecule has 3 aromatic rings. The van der Waals surface area contributed by atoms with Crippen molar-refractivity contribution in [3.05, 3.63) is 66.0 Å². The molecular formula is C19H20FN5OS. The zero-order valence-electron chi connectivity index (χ0n) is 15.0. The highest BCUT2D eigenvalue weighted by molar-refractivity contribution is 8.00. The van der Waals surface area contributed by atoms with Gasteiger partial charge in [-0.3, -0.25) is 4.79 Å². The molecule has 0 aliphatic carbocycles. The van der Waals surface area contributed by atoms with E-state index in [4.69, 9.17) is 5.84 Å². The highest BCUT2D eigenvalue weighted by Gasteiger charge is 2.23. The van der Waals surface area contributed by atoms with Crippen LogP contribution >= 0.6 is 11.8 Å². The predicted molar refractivity (Wildman–Crippen MR) is 104 cm³/mol. The number of carbonyl (C=O) groups is 1. The van der Waals surface area contributed by atoms with Gasteiger partial charge in [-0.1, -0.05) is 54.2 Å². The van der Waals surface area contributed by atoms with Crippen molar-refractivity contribution in [2.75, 3.05) is 12.9 Å². The van der Waals surface area contributed by atoms with Gasteiger partial charge >= 0.3 is 0 Å². The summed E-state index contributed by atoms with van der Waals surface area (Å²) in [7, 11) is 1.75. The van der Waals surface area contributed by atoms with Crippen molar-refractivity contribution in [3.63, 3.8) is 0 Å². The first kappa shape index (κ1) is 18.9. The molecule has 0 radical (unpaired) electrons. The van der Waals surface area contributed by atoms with Gasteiger partial charge in [-0.05, 0) is 24.6 Å². The summed E-state index contributed by atoms with van der Waals surface area (Å²) in [5, 5.41) is 7.92. The molecule has 0 fully saturated rings. The fraction of sp³-hybridized carbons (Fsp3) is 0.211. The van der Waals surface area contributed by atoms with Crippen LogP contribution in [0.25, 0.3) is 11.4 Å². The predicted octanol–water partition coefficient (Wildman–Crippen LogP) is 2.94. The lowest BCUT2D eigenvalue weighted by atomic mass is 10.2. The van der Waals surface area contributed by atoms with E-state index in [0.717, 1.165) is 5.56 Å². The molecule has 8 heteroatoms. The van der Waals surface area contributed by atoms with E-state index in [1.165, 1.54) is 22.5 Å². The van der Waals surface area contributed by atoms with Crippen LogP contribution in [0.5, 0.6) is 0 Å². The zero-order valence-corrected chi connectivity index (χ0v) is 15.9. The molecule has 0 bridgehead atoms. The third kappa shape index (κ3) is 4.28. The topological polar surface area (TPSA) is 77.0 Å². The third-order valence-electron chi connectivity index (χ3n) is 4.05. The second kappa shape index (κ2) is 8.22. The van der Waals surface area contributed by atoms with Crippen LogP contribution in [0.4, 0.5) is 4.39 Å². The van der Waals surface area contributed by atoms with Crippen molar-refractivity contribution in [1.29, 1.82) is 0 Å². The Labute approximate surface area is 161 Å². The molecule has 3 rings (SSSR count). The van der Waals surface area contributed by atoms with Gasteiger partial charge in [0.2, 0.25) is 11.1 Å². The SMILES string of the molecule is C[C@H](Sc1nnc(-c2ccccc2F)n1N)C(=O)N(C)Cc1ccccc1. The number of halogens is 1. The van der Waals surface area contributed by atoms with Crippen LogP contribution in [0.1, 0.15) is 12.5 Å². The Morgan fingerprint density at radius 1 is 1.19 bits per heavy atom. The summed E-state index contributed by atoms with van der Waals surface area (Å²) >= 11 is 1.19. The molecule has 0 unspecified atom stereocenters. The molecule has 0 aliphatic heterocycles. The van der Waals surface area contributed by atoms with Gasteiger partial charge in [-0.15, -0.1) is 10.2 Å². The van der Waals surface area contributed by atoms with Crippen molar-refractivity contribution >= 4 is 17.7 Å². The van der Waals surface area contributed by atoms with E-state index in [1.54, 1.807) is 37.1 Å². The maximum Gasteiger partial charge on any atom is 0.235 e. The van der Waals surface area contributed by atoms with E-state index in [1.807, 2.05) is 30.3 Å². The fourth-order valence-corrected chi connectivity index (χ4v) is 3.52. The third-order valence-corrected chi connectivity index (χ3v) is 5.09. The summed E-state index contributed by atoms with van der Waals surface area (Å²) in [6.45, 7) is 2.30. The molecule has 0 saturated carbocycles. The van der Waals surface area contributed by atoms with Crippen LogP contribution in [0.3, 0.4) is 0 Å². The Balaban J connectivity index is 1.70. The average Bonchev–Trinajstić information content (AvgIpc) is 3.02. The number of rotatable bonds is 6. The van der Waals surface area contributed by atoms with E-state index >= 15 is 0 Å². The Bertz CT molecular complexity index is 931. The molecule has 0 spiro atoms. The quantitative estimate of drug-likeness (QED) is 0.521. The van der Waals surface area contributed by atoms with Gasteiger partial charge in [0.1, 0.15) is 5.82 Å². The normalized spacial score (nSPS) is 12.0. The van der Waals surface area contributed by atoms with Crippen LogP contribution in [0.2, 0.25) is 0 Å². The number of aromatic nitrogens is 3. The monoisotopic (exact) mass is 385 g/mol. The summed E-state index contributed by atoms with van der Waals surface area (Å²) in [6, 6.07) is 16.0. The standard InChI is InChI=1S/C19H20FN5OS/c1-13(18(26)24(2)12-14-8-4-3-5-9-14)27-19-23-22-17(25(19)21)15-10-6-7-11-16(15)20/h3-11,13H,12,21H2,1-2H3/t13-/m0/s1. The first-order chi connectivity index (χ1) is 13.0. The van der Waals surface area contributed by atoms with E-state index in [0.29, 0.717) is 11.7 Å². The molecule has 0 aliphatic rings. The number of nitrogens with zero attached hydrogens (tertiary/aromatic N) is 4. The van der Waals surface area contributed by atoms with Gasteiger partial charge in [0.05, 0.1) is 10.8 Å². The first-order valence-electron chi connectivity index (χ1n) is 8.38. The summed E-state index contributed by atoms with van der Waals surface area (Å²) in [6.07, 6.45) is 0. The number of thioether (sulfide) groups is 1. The number of nitrogen functional groups attached to an aromatic ring is 1. The summed E-state index contributed by atoms with van der Waals surface area (Å²) < 4.78 is 15.2. The summed E-state index contributed by atoms with van der Waals surface area (Å²) in [5.41, 5.74) is 1.31. The Kier molecular flexibility index (Phi) is 5.75. The van der Waals surface area contributed by atoms with E-state index in [-0.39, 0.29) is 17.3 Å². The number of hydrogen-bond donors (Lipinski definition) is 1. The molecule has 2 aromatic carbocycles. The van der Waals surface area contributed by atoms with Gasteiger partial charge in [0.25, 0.3) is 0 Å². The maximum absolute atomic E-state index is 14.0. The lowest BCUT2D eigenvalue weighted by molar-refractivity contribution is -0.129. The van der Waals surface area contributed by atoms with Crippen LogP contribution < -0.4 is 5.84 Å². The Hall–Kier alpha value is -2.87. The van der Waals surface area contributed by atoms with Gasteiger partial charge in [0, 0.05) is 13.6 Å². The van der Waals surface area contributed by atoms with Crippen LogP contribution in [-0.2, 0) is 11.3 Å². The zero-order chi connectivity index (χ0) is 19.4. The lowest BCUT2D eigenvalue weighted by Gasteiger charge is -2.21. The largest absolute Gasteiger partial charge is 0.340 e. The van der Waals surface area contributed by atoms with Crippen LogP contribution in [-0.4, -0.2) is 38.0 Å². The summed E-state index contributed by atoms with van der Waals surface area (Å²) in [4.78, 5) is 14.3. The molecule has 6 nitrogen and oxygen atoms in total. The number of amides is 1. The first-order valence-corrected chi connectivity index (χ1v) is 9.26. The number of benzene rings is 2. The highest BCUT2D eigenvalue weighted by Crippen LogP contribution is 2.26. The molecule has 1 aromatic heterocycles. The van der Waals surface area contributed by atoms with Crippen LogP contribution in [0.15, 0.2) is 59.8 Å². The van der Waals surface area contributed by atoms with E-state index in [9.17, 15) is 9.18 Å². The molecular weight excluding hydrogens is 365 g/mol.